The topological polar surface area (TPSA) is 22.3 Å². The molecule has 1 aromatic carbocycles. The number of piperazine rings is 1. The minimum absolute atomic E-state index is 1.05. The van der Waals surface area contributed by atoms with Crippen molar-refractivity contribution in [3.8, 4) is 0 Å². The molecule has 2 aromatic rings. The van der Waals surface area contributed by atoms with Crippen LogP contribution in [-0.2, 0) is 6.54 Å². The van der Waals surface area contributed by atoms with E-state index < -0.39 is 0 Å². The Morgan fingerprint density at radius 2 is 1.79 bits per heavy atom. The number of nitrogens with zero attached hydrogens (tertiary/aromatic N) is 2. The van der Waals surface area contributed by atoms with Gasteiger partial charge in [-0.15, -0.1) is 0 Å². The van der Waals surface area contributed by atoms with Gasteiger partial charge in [-0.1, -0.05) is 25.1 Å². The molecule has 0 aliphatic carbocycles. The predicted octanol–water partition coefficient (Wildman–Crippen LogP) is 2.70. The highest BCUT2D eigenvalue weighted by atomic mass is 15.3. The second-order valence-electron chi connectivity index (χ2n) is 5.50. The largest absolute Gasteiger partial charge is 0.357 e. The first-order chi connectivity index (χ1) is 9.35. The van der Waals surface area contributed by atoms with E-state index in [-0.39, 0.29) is 0 Å². The molecule has 0 unspecified atom stereocenters. The smallest absolute Gasteiger partial charge is 0.0456 e. The highest BCUT2D eigenvalue weighted by molar-refractivity contribution is 5.80. The Morgan fingerprint density at radius 3 is 2.53 bits per heavy atom. The van der Waals surface area contributed by atoms with Gasteiger partial charge in [-0.2, -0.15) is 0 Å². The van der Waals surface area contributed by atoms with Crippen LogP contribution in [0.4, 0.5) is 0 Å². The van der Waals surface area contributed by atoms with Gasteiger partial charge in [-0.05, 0) is 30.5 Å². The van der Waals surface area contributed by atoms with Gasteiger partial charge in [0.15, 0.2) is 0 Å². The van der Waals surface area contributed by atoms with Crippen LogP contribution in [0.3, 0.4) is 0 Å². The van der Waals surface area contributed by atoms with Crippen LogP contribution in [0.1, 0.15) is 19.0 Å². The van der Waals surface area contributed by atoms with E-state index in [4.69, 9.17) is 0 Å². The van der Waals surface area contributed by atoms with Crippen molar-refractivity contribution >= 4 is 10.9 Å². The molecule has 19 heavy (non-hydrogen) atoms. The third-order valence-electron chi connectivity index (χ3n) is 3.98. The van der Waals surface area contributed by atoms with Crippen molar-refractivity contribution in [2.24, 2.45) is 0 Å². The van der Waals surface area contributed by atoms with Crippen LogP contribution in [0.25, 0.3) is 10.9 Å². The first kappa shape index (κ1) is 12.7. The summed E-state index contributed by atoms with van der Waals surface area (Å²) < 4.78 is 0. The fourth-order valence-corrected chi connectivity index (χ4v) is 2.95. The van der Waals surface area contributed by atoms with Crippen LogP contribution in [0.2, 0.25) is 0 Å². The molecule has 1 aliphatic rings. The molecule has 1 fully saturated rings. The molecule has 0 amide bonds. The van der Waals surface area contributed by atoms with Crippen LogP contribution >= 0.6 is 0 Å². The number of hydrogen-bond donors (Lipinski definition) is 1. The number of rotatable bonds is 4. The van der Waals surface area contributed by atoms with E-state index >= 15 is 0 Å². The van der Waals surface area contributed by atoms with Crippen molar-refractivity contribution in [1.29, 1.82) is 0 Å². The zero-order valence-electron chi connectivity index (χ0n) is 11.7. The summed E-state index contributed by atoms with van der Waals surface area (Å²) in [5.41, 5.74) is 2.59. The van der Waals surface area contributed by atoms with E-state index in [2.05, 4.69) is 52.0 Å². The van der Waals surface area contributed by atoms with Crippen LogP contribution < -0.4 is 0 Å². The Hall–Kier alpha value is -1.32. The van der Waals surface area contributed by atoms with Gasteiger partial charge in [0.1, 0.15) is 0 Å². The molecule has 102 valence electrons. The quantitative estimate of drug-likeness (QED) is 0.910. The molecular weight excluding hydrogens is 234 g/mol. The average molecular weight is 257 g/mol. The lowest BCUT2D eigenvalue weighted by Crippen LogP contribution is -2.46. The number of fused-ring (bicyclic) bond motifs is 1. The molecule has 1 N–H and O–H groups in total. The normalized spacial score (nSPS) is 18.2. The Balaban J connectivity index is 1.60. The summed E-state index contributed by atoms with van der Waals surface area (Å²) in [7, 11) is 0. The lowest BCUT2D eigenvalue weighted by atomic mass is 10.2. The minimum atomic E-state index is 1.05. The van der Waals surface area contributed by atoms with Gasteiger partial charge >= 0.3 is 0 Å². The number of aromatic amines is 1. The van der Waals surface area contributed by atoms with Crippen molar-refractivity contribution in [3.63, 3.8) is 0 Å². The number of nitrogens with one attached hydrogen (secondary N) is 1. The summed E-state index contributed by atoms with van der Waals surface area (Å²) in [4.78, 5) is 8.65. The second kappa shape index (κ2) is 5.76. The summed E-state index contributed by atoms with van der Waals surface area (Å²) in [6, 6.07) is 10.8. The van der Waals surface area contributed by atoms with Crippen LogP contribution in [0, 0.1) is 0 Å². The summed E-state index contributed by atoms with van der Waals surface area (Å²) in [6.45, 7) is 9.37. The molecule has 2 heterocycles. The molecule has 0 atom stereocenters. The van der Waals surface area contributed by atoms with Gasteiger partial charge in [0.2, 0.25) is 0 Å². The van der Waals surface area contributed by atoms with Crippen molar-refractivity contribution < 1.29 is 0 Å². The first-order valence-electron chi connectivity index (χ1n) is 7.36. The highest BCUT2D eigenvalue weighted by Gasteiger charge is 2.16. The van der Waals surface area contributed by atoms with Gasteiger partial charge in [0, 0.05) is 43.9 Å². The van der Waals surface area contributed by atoms with E-state index in [1.54, 1.807) is 0 Å². The molecule has 0 radical (unpaired) electrons. The van der Waals surface area contributed by atoms with Crippen LogP contribution in [0.5, 0.6) is 0 Å². The molecule has 1 aliphatic heterocycles. The molecule has 1 aromatic heterocycles. The molecular formula is C16H23N3. The minimum Gasteiger partial charge on any atom is -0.357 e. The summed E-state index contributed by atoms with van der Waals surface area (Å²) in [6.07, 6.45) is 1.27. The number of hydrogen-bond acceptors (Lipinski definition) is 2. The van der Waals surface area contributed by atoms with E-state index in [9.17, 15) is 0 Å². The van der Waals surface area contributed by atoms with Crippen molar-refractivity contribution in [1.82, 2.24) is 14.8 Å². The third kappa shape index (κ3) is 2.99. The molecule has 3 rings (SSSR count). The molecule has 1 saturated heterocycles. The van der Waals surface area contributed by atoms with Gasteiger partial charge in [0.05, 0.1) is 0 Å². The van der Waals surface area contributed by atoms with Crippen molar-refractivity contribution in [3.05, 3.63) is 36.0 Å². The number of para-hydroxylation sites is 1. The maximum absolute atomic E-state index is 3.52. The summed E-state index contributed by atoms with van der Waals surface area (Å²) in [5.74, 6) is 0. The molecule has 0 bridgehead atoms. The summed E-state index contributed by atoms with van der Waals surface area (Å²) in [5, 5.41) is 1.32. The van der Waals surface area contributed by atoms with Crippen molar-refractivity contribution in [2.75, 3.05) is 32.7 Å². The van der Waals surface area contributed by atoms with E-state index in [0.29, 0.717) is 0 Å². The maximum Gasteiger partial charge on any atom is 0.0456 e. The van der Waals surface area contributed by atoms with Gasteiger partial charge in [-0.3, -0.25) is 4.90 Å². The summed E-state index contributed by atoms with van der Waals surface area (Å²) >= 11 is 0. The zero-order valence-corrected chi connectivity index (χ0v) is 11.7. The van der Waals surface area contributed by atoms with E-state index in [0.717, 1.165) is 6.54 Å². The van der Waals surface area contributed by atoms with Crippen LogP contribution in [0.15, 0.2) is 30.3 Å². The van der Waals surface area contributed by atoms with Gasteiger partial charge < -0.3 is 9.88 Å². The molecule has 0 spiro atoms. The lowest BCUT2D eigenvalue weighted by Gasteiger charge is -2.34. The third-order valence-corrected chi connectivity index (χ3v) is 3.98. The monoisotopic (exact) mass is 257 g/mol. The van der Waals surface area contributed by atoms with Gasteiger partial charge in [-0.25, -0.2) is 0 Å². The number of benzene rings is 1. The maximum atomic E-state index is 3.52. The highest BCUT2D eigenvalue weighted by Crippen LogP contribution is 2.16. The predicted molar refractivity (Wildman–Crippen MR) is 80.3 cm³/mol. The van der Waals surface area contributed by atoms with Gasteiger partial charge in [0.25, 0.3) is 0 Å². The molecule has 3 nitrogen and oxygen atoms in total. The Labute approximate surface area is 115 Å². The molecule has 0 saturated carbocycles. The SMILES string of the molecule is CCCN1CCN(Cc2cc3ccccc3[nH]2)CC1. The van der Waals surface area contributed by atoms with Crippen LogP contribution in [-0.4, -0.2) is 47.5 Å². The average Bonchev–Trinajstić information content (AvgIpc) is 2.83. The first-order valence-corrected chi connectivity index (χ1v) is 7.36. The lowest BCUT2D eigenvalue weighted by molar-refractivity contribution is 0.126. The standard InChI is InChI=1S/C16H23N3/c1-2-7-18-8-10-19(11-9-18)13-15-12-14-5-3-4-6-16(14)17-15/h3-6,12,17H,2,7-11,13H2,1H3. The fourth-order valence-electron chi connectivity index (χ4n) is 2.95. The van der Waals surface area contributed by atoms with E-state index in [1.807, 2.05) is 0 Å². The number of aromatic nitrogens is 1. The molecule has 3 heteroatoms. The Morgan fingerprint density at radius 1 is 1.05 bits per heavy atom. The zero-order chi connectivity index (χ0) is 13.1. The second-order valence-corrected chi connectivity index (χ2v) is 5.50. The Bertz CT molecular complexity index is 491. The number of H-pyrrole nitrogens is 1. The van der Waals surface area contributed by atoms with E-state index in [1.165, 1.54) is 55.7 Å². The van der Waals surface area contributed by atoms with Crippen molar-refractivity contribution in [2.45, 2.75) is 19.9 Å². The fraction of sp³-hybridized carbons (Fsp3) is 0.500. The Kier molecular flexibility index (Phi) is 3.85.